The van der Waals surface area contributed by atoms with Crippen LogP contribution in [0.1, 0.15) is 19.8 Å². The Hall–Kier alpha value is -0.910. The van der Waals surface area contributed by atoms with Crippen LogP contribution in [0.3, 0.4) is 0 Å². The Morgan fingerprint density at radius 3 is 2.88 bits per heavy atom. The minimum atomic E-state index is -0.806. The van der Waals surface area contributed by atoms with Gasteiger partial charge >= 0.3 is 12.0 Å². The lowest BCUT2D eigenvalue weighted by Crippen LogP contribution is -2.49. The average Bonchev–Trinajstić information content (AvgIpc) is 2.29. The van der Waals surface area contributed by atoms with Crippen LogP contribution in [-0.2, 0) is 4.79 Å². The van der Waals surface area contributed by atoms with Gasteiger partial charge in [0.05, 0.1) is 5.92 Å². The highest BCUT2D eigenvalue weighted by atomic mass is 32.2. The second-order valence-corrected chi connectivity index (χ2v) is 5.34. The van der Waals surface area contributed by atoms with Gasteiger partial charge in [0.1, 0.15) is 0 Å². The van der Waals surface area contributed by atoms with E-state index in [0.29, 0.717) is 19.5 Å². The maximum Gasteiger partial charge on any atom is 0.317 e. The molecule has 1 heterocycles. The van der Waals surface area contributed by atoms with Crippen LogP contribution in [0.15, 0.2) is 0 Å². The molecule has 1 saturated heterocycles. The van der Waals surface area contributed by atoms with Crippen LogP contribution in [0.5, 0.6) is 0 Å². The van der Waals surface area contributed by atoms with Crippen molar-refractivity contribution in [2.45, 2.75) is 25.8 Å². The third-order valence-electron chi connectivity index (χ3n) is 2.84. The van der Waals surface area contributed by atoms with Crippen molar-refractivity contribution in [3.8, 4) is 0 Å². The summed E-state index contributed by atoms with van der Waals surface area (Å²) in [6, 6.07) is -0.0276. The molecule has 2 unspecified atom stereocenters. The van der Waals surface area contributed by atoms with Crippen LogP contribution in [0.2, 0.25) is 0 Å². The van der Waals surface area contributed by atoms with E-state index in [-0.39, 0.29) is 12.1 Å². The lowest BCUT2D eigenvalue weighted by Gasteiger charge is -2.31. The fraction of sp³-hybridized carbons (Fsp3) is 0.818. The Kier molecular flexibility index (Phi) is 5.61. The van der Waals surface area contributed by atoms with Crippen LogP contribution in [-0.4, -0.2) is 53.1 Å². The molecule has 1 rings (SSSR count). The second-order valence-electron chi connectivity index (χ2n) is 4.43. The van der Waals surface area contributed by atoms with Crippen molar-refractivity contribution in [1.82, 2.24) is 10.2 Å². The zero-order chi connectivity index (χ0) is 12.8. The van der Waals surface area contributed by atoms with Crippen LogP contribution in [0.4, 0.5) is 4.79 Å². The number of hydrogen-bond acceptors (Lipinski definition) is 3. The van der Waals surface area contributed by atoms with Gasteiger partial charge in [-0.15, -0.1) is 0 Å². The Bertz CT molecular complexity index is 286. The Labute approximate surface area is 106 Å². The van der Waals surface area contributed by atoms with Gasteiger partial charge in [0, 0.05) is 24.9 Å². The van der Waals surface area contributed by atoms with Gasteiger partial charge < -0.3 is 15.3 Å². The number of carboxylic acids is 1. The Morgan fingerprint density at radius 2 is 2.29 bits per heavy atom. The fourth-order valence-corrected chi connectivity index (χ4v) is 2.54. The molecule has 17 heavy (non-hydrogen) atoms. The molecule has 0 radical (unpaired) electrons. The number of carbonyl (C=O) groups excluding carboxylic acids is 1. The molecule has 2 N–H and O–H groups in total. The fourth-order valence-electron chi connectivity index (χ4n) is 1.96. The number of thioether (sulfide) groups is 1. The largest absolute Gasteiger partial charge is 0.481 e. The number of rotatable bonds is 4. The number of piperidine rings is 1. The van der Waals surface area contributed by atoms with Crippen LogP contribution in [0.25, 0.3) is 0 Å². The Morgan fingerprint density at radius 1 is 1.59 bits per heavy atom. The summed E-state index contributed by atoms with van der Waals surface area (Å²) in [4.78, 5) is 24.4. The highest BCUT2D eigenvalue weighted by Crippen LogP contribution is 2.16. The number of likely N-dealkylation sites (tertiary alicyclic amines) is 1. The van der Waals surface area contributed by atoms with Gasteiger partial charge in [-0.3, -0.25) is 4.79 Å². The van der Waals surface area contributed by atoms with E-state index in [4.69, 9.17) is 5.11 Å². The summed E-state index contributed by atoms with van der Waals surface area (Å²) >= 11 is 1.68. The van der Waals surface area contributed by atoms with Crippen LogP contribution in [0, 0.1) is 5.92 Å². The molecule has 0 aliphatic carbocycles. The smallest absolute Gasteiger partial charge is 0.317 e. The van der Waals surface area contributed by atoms with E-state index in [1.807, 2.05) is 13.2 Å². The highest BCUT2D eigenvalue weighted by Gasteiger charge is 2.28. The molecule has 5 nitrogen and oxygen atoms in total. The number of urea groups is 1. The molecule has 2 amide bonds. The number of aliphatic carboxylic acids is 1. The molecular weight excluding hydrogens is 240 g/mol. The first-order chi connectivity index (χ1) is 8.04. The molecule has 1 fully saturated rings. The van der Waals surface area contributed by atoms with E-state index in [9.17, 15) is 9.59 Å². The number of hydrogen-bond donors (Lipinski definition) is 2. The predicted octanol–water partition coefficient (Wildman–Crippen LogP) is 1.24. The molecule has 6 heteroatoms. The third kappa shape index (κ3) is 4.46. The number of carbonyl (C=O) groups is 2. The van der Waals surface area contributed by atoms with E-state index in [2.05, 4.69) is 5.32 Å². The number of carboxylic acid groups (broad SMARTS) is 1. The molecule has 0 aromatic rings. The second kappa shape index (κ2) is 6.74. The van der Waals surface area contributed by atoms with E-state index in [1.54, 1.807) is 16.7 Å². The summed E-state index contributed by atoms with van der Waals surface area (Å²) < 4.78 is 0. The van der Waals surface area contributed by atoms with Gasteiger partial charge in [-0.05, 0) is 26.0 Å². The number of nitrogens with zero attached hydrogens (tertiary/aromatic N) is 1. The quantitative estimate of drug-likeness (QED) is 0.798. The zero-order valence-corrected chi connectivity index (χ0v) is 11.1. The molecule has 0 aromatic heterocycles. The maximum absolute atomic E-state index is 11.9. The third-order valence-corrected chi connectivity index (χ3v) is 3.68. The highest BCUT2D eigenvalue weighted by molar-refractivity contribution is 7.98. The monoisotopic (exact) mass is 260 g/mol. The van der Waals surface area contributed by atoms with Gasteiger partial charge in [0.2, 0.25) is 0 Å². The lowest BCUT2D eigenvalue weighted by molar-refractivity contribution is -0.143. The van der Waals surface area contributed by atoms with E-state index < -0.39 is 11.9 Å². The van der Waals surface area contributed by atoms with E-state index in [1.165, 1.54) is 0 Å². The Balaban J connectivity index is 2.43. The summed E-state index contributed by atoms with van der Waals surface area (Å²) in [5.41, 5.74) is 0. The zero-order valence-electron chi connectivity index (χ0n) is 10.3. The van der Waals surface area contributed by atoms with Crippen molar-refractivity contribution in [1.29, 1.82) is 0 Å². The van der Waals surface area contributed by atoms with Crippen molar-refractivity contribution >= 4 is 23.8 Å². The average molecular weight is 260 g/mol. The molecule has 0 bridgehead atoms. The van der Waals surface area contributed by atoms with Crippen LogP contribution < -0.4 is 5.32 Å². The standard InChI is InChI=1S/C11H20N2O3S/c1-8(7-17-2)12-11(16)13-5-3-4-9(6-13)10(14)15/h8-9H,3-7H2,1-2H3,(H,12,16)(H,14,15). The van der Waals surface area contributed by atoms with E-state index >= 15 is 0 Å². The summed E-state index contributed by atoms with van der Waals surface area (Å²) in [5, 5.41) is 11.8. The minimum Gasteiger partial charge on any atom is -0.481 e. The SMILES string of the molecule is CSCC(C)NC(=O)N1CCCC(C(=O)O)C1. The summed E-state index contributed by atoms with van der Waals surface area (Å²) in [5.74, 6) is -0.355. The van der Waals surface area contributed by atoms with Crippen molar-refractivity contribution in [2.24, 2.45) is 5.92 Å². The van der Waals surface area contributed by atoms with Gasteiger partial charge in [-0.1, -0.05) is 0 Å². The van der Waals surface area contributed by atoms with Crippen LogP contribution >= 0.6 is 11.8 Å². The first-order valence-electron chi connectivity index (χ1n) is 5.81. The maximum atomic E-state index is 11.9. The topological polar surface area (TPSA) is 69.6 Å². The molecule has 0 spiro atoms. The molecular formula is C11H20N2O3S. The van der Waals surface area contributed by atoms with Crippen molar-refractivity contribution in [3.05, 3.63) is 0 Å². The first kappa shape index (κ1) is 14.2. The molecule has 1 aliphatic heterocycles. The number of amides is 2. The van der Waals surface area contributed by atoms with Gasteiger partial charge in [-0.2, -0.15) is 11.8 Å². The summed E-state index contributed by atoms with van der Waals surface area (Å²) in [6.45, 7) is 2.93. The predicted molar refractivity (Wildman–Crippen MR) is 68.3 cm³/mol. The van der Waals surface area contributed by atoms with Crippen molar-refractivity contribution in [3.63, 3.8) is 0 Å². The van der Waals surface area contributed by atoms with Crippen molar-refractivity contribution in [2.75, 3.05) is 25.1 Å². The molecule has 2 atom stereocenters. The molecule has 98 valence electrons. The molecule has 0 aromatic carbocycles. The van der Waals surface area contributed by atoms with Crippen molar-refractivity contribution < 1.29 is 14.7 Å². The minimum absolute atomic E-state index is 0.114. The molecule has 0 saturated carbocycles. The van der Waals surface area contributed by atoms with E-state index in [0.717, 1.165) is 12.2 Å². The van der Waals surface area contributed by atoms with Gasteiger partial charge in [0.25, 0.3) is 0 Å². The van der Waals surface area contributed by atoms with Gasteiger partial charge in [-0.25, -0.2) is 4.79 Å². The first-order valence-corrected chi connectivity index (χ1v) is 7.21. The van der Waals surface area contributed by atoms with Gasteiger partial charge in [0.15, 0.2) is 0 Å². The number of nitrogens with one attached hydrogen (secondary N) is 1. The molecule has 1 aliphatic rings. The lowest BCUT2D eigenvalue weighted by atomic mass is 9.99. The normalized spacial score (nSPS) is 22.0. The summed E-state index contributed by atoms with van der Waals surface area (Å²) in [6.07, 6.45) is 3.42. The summed E-state index contributed by atoms with van der Waals surface area (Å²) in [7, 11) is 0.